The maximum atomic E-state index is 12.7. The summed E-state index contributed by atoms with van der Waals surface area (Å²) in [7, 11) is 1.63. The number of pyridine rings is 1. The summed E-state index contributed by atoms with van der Waals surface area (Å²) in [5.74, 6) is 1.10. The predicted octanol–water partition coefficient (Wildman–Crippen LogP) is 4.61. The van der Waals surface area contributed by atoms with E-state index < -0.39 is 0 Å². The van der Waals surface area contributed by atoms with E-state index in [1.54, 1.807) is 31.5 Å². The highest BCUT2D eigenvalue weighted by Gasteiger charge is 2.17. The molecule has 3 heterocycles. The van der Waals surface area contributed by atoms with Gasteiger partial charge in [-0.3, -0.25) is 4.79 Å². The topological polar surface area (TPSA) is 91.9 Å². The molecule has 2 aromatic heterocycles. The van der Waals surface area contributed by atoms with Gasteiger partial charge >= 0.3 is 0 Å². The van der Waals surface area contributed by atoms with Crippen LogP contribution in [0.3, 0.4) is 0 Å². The Balaban J connectivity index is 1.62. The second kappa shape index (κ2) is 9.02. The maximum absolute atomic E-state index is 12.7. The van der Waals surface area contributed by atoms with Gasteiger partial charge in [-0.2, -0.15) is 5.10 Å². The van der Waals surface area contributed by atoms with Crippen molar-refractivity contribution in [1.82, 2.24) is 20.5 Å². The third kappa shape index (κ3) is 4.27. The lowest BCUT2D eigenvalue weighted by Crippen LogP contribution is -2.23. The Morgan fingerprint density at radius 3 is 2.76 bits per heavy atom. The van der Waals surface area contributed by atoms with Gasteiger partial charge in [0.2, 0.25) is 0 Å². The van der Waals surface area contributed by atoms with Gasteiger partial charge in [-0.15, -0.1) is 0 Å². The number of methoxy groups -OCH3 is 1. The standard InChI is InChI=1S/C24H21Cl2N5O2/c1-33-21-9-14-11-27-6-5-13(14)8-20(21)30-23-22-15(12-28-31-24(22)32)7-16(29-23)10-17-18(25)3-2-4-19(17)26/h2-4,7-9,12,27H,5-6,10-11H2,1H3,(H,29,30)(H,31,32). The van der Waals surface area contributed by atoms with E-state index in [1.807, 2.05) is 12.1 Å². The number of benzene rings is 2. The maximum Gasteiger partial charge on any atom is 0.275 e. The first-order valence-electron chi connectivity index (χ1n) is 10.5. The normalized spacial score (nSPS) is 13.1. The number of nitrogens with one attached hydrogen (secondary N) is 3. The van der Waals surface area contributed by atoms with Crippen LogP contribution in [0.25, 0.3) is 10.8 Å². The van der Waals surface area contributed by atoms with Gasteiger partial charge in [0.15, 0.2) is 0 Å². The molecular weight excluding hydrogens is 461 g/mol. The molecule has 3 N–H and O–H groups in total. The number of H-pyrrole nitrogens is 1. The van der Waals surface area contributed by atoms with Crippen LogP contribution in [0.1, 0.15) is 22.4 Å². The third-order valence-corrected chi connectivity index (χ3v) is 6.49. The fraction of sp³-hybridized carbons (Fsp3) is 0.208. The molecule has 0 bridgehead atoms. The first-order chi connectivity index (χ1) is 16.0. The number of hydrogen-bond acceptors (Lipinski definition) is 6. The van der Waals surface area contributed by atoms with Crippen LogP contribution in [0.4, 0.5) is 11.5 Å². The molecule has 0 fully saturated rings. The van der Waals surface area contributed by atoms with Crippen LogP contribution >= 0.6 is 23.2 Å². The molecule has 0 radical (unpaired) electrons. The highest BCUT2D eigenvalue weighted by atomic mass is 35.5. The molecule has 5 rings (SSSR count). The molecule has 0 aliphatic carbocycles. The summed E-state index contributed by atoms with van der Waals surface area (Å²) in [4.78, 5) is 17.5. The molecule has 1 aliphatic heterocycles. The number of anilines is 2. The Kier molecular flexibility index (Phi) is 5.93. The molecule has 4 aromatic rings. The van der Waals surface area contributed by atoms with Crippen molar-refractivity contribution in [1.29, 1.82) is 0 Å². The number of hydrogen-bond donors (Lipinski definition) is 3. The molecule has 0 saturated heterocycles. The van der Waals surface area contributed by atoms with Gasteiger partial charge in [-0.25, -0.2) is 10.1 Å². The molecule has 9 heteroatoms. The number of rotatable bonds is 5. The van der Waals surface area contributed by atoms with Crippen LogP contribution in [0, 0.1) is 0 Å². The first kappa shape index (κ1) is 21.7. The van der Waals surface area contributed by atoms with Crippen molar-refractivity contribution in [2.45, 2.75) is 19.4 Å². The molecule has 0 unspecified atom stereocenters. The lowest BCUT2D eigenvalue weighted by molar-refractivity contribution is 0.415. The van der Waals surface area contributed by atoms with Crippen LogP contribution in [0.5, 0.6) is 5.75 Å². The van der Waals surface area contributed by atoms with Crippen molar-refractivity contribution in [3.8, 4) is 5.75 Å². The molecule has 0 spiro atoms. The Hall–Kier alpha value is -3.13. The van der Waals surface area contributed by atoms with E-state index in [1.165, 1.54) is 11.1 Å². The SMILES string of the molecule is COc1cc2c(cc1Nc1nc(Cc3c(Cl)cccc3Cl)cc3cn[nH]c(=O)c13)CCNC2. The molecule has 168 valence electrons. The molecule has 2 aromatic carbocycles. The number of fused-ring (bicyclic) bond motifs is 2. The van der Waals surface area contributed by atoms with Crippen LogP contribution in [0.15, 0.2) is 47.4 Å². The fourth-order valence-electron chi connectivity index (χ4n) is 4.14. The van der Waals surface area contributed by atoms with Crippen molar-refractivity contribution >= 4 is 45.5 Å². The lowest BCUT2D eigenvalue weighted by atomic mass is 9.99. The van der Waals surface area contributed by atoms with Crippen LogP contribution in [-0.4, -0.2) is 28.8 Å². The number of ether oxygens (including phenoxy) is 1. The molecular formula is C24H21Cl2N5O2. The average Bonchev–Trinajstić information content (AvgIpc) is 2.81. The molecule has 0 saturated carbocycles. The van der Waals surface area contributed by atoms with Gasteiger partial charge in [-0.1, -0.05) is 29.3 Å². The summed E-state index contributed by atoms with van der Waals surface area (Å²) in [6, 6.07) is 11.3. The highest BCUT2D eigenvalue weighted by Crippen LogP contribution is 2.34. The molecule has 0 amide bonds. The van der Waals surface area contributed by atoms with Crippen molar-refractivity contribution in [2.75, 3.05) is 19.0 Å². The van der Waals surface area contributed by atoms with E-state index >= 15 is 0 Å². The van der Waals surface area contributed by atoms with Gasteiger partial charge < -0.3 is 15.4 Å². The number of halogens is 2. The Morgan fingerprint density at radius 1 is 1.15 bits per heavy atom. The summed E-state index contributed by atoms with van der Waals surface area (Å²) >= 11 is 12.8. The molecule has 1 aliphatic rings. The van der Waals surface area contributed by atoms with Crippen LogP contribution < -0.4 is 20.9 Å². The monoisotopic (exact) mass is 481 g/mol. The van der Waals surface area contributed by atoms with E-state index in [-0.39, 0.29) is 5.56 Å². The van der Waals surface area contributed by atoms with E-state index in [9.17, 15) is 4.79 Å². The van der Waals surface area contributed by atoms with E-state index in [2.05, 4.69) is 26.9 Å². The minimum absolute atomic E-state index is 0.328. The summed E-state index contributed by atoms with van der Waals surface area (Å²) in [6.45, 7) is 1.71. The minimum Gasteiger partial charge on any atom is -0.495 e. The van der Waals surface area contributed by atoms with Gasteiger partial charge in [0.05, 0.1) is 24.4 Å². The van der Waals surface area contributed by atoms with E-state index in [0.29, 0.717) is 44.5 Å². The molecule has 33 heavy (non-hydrogen) atoms. The van der Waals surface area contributed by atoms with Gasteiger partial charge in [-0.05, 0) is 60.0 Å². The minimum atomic E-state index is -0.328. The van der Waals surface area contributed by atoms with Crippen molar-refractivity contribution in [2.24, 2.45) is 0 Å². The van der Waals surface area contributed by atoms with E-state index in [0.717, 1.165) is 30.8 Å². The highest BCUT2D eigenvalue weighted by molar-refractivity contribution is 6.36. The zero-order valence-electron chi connectivity index (χ0n) is 17.8. The Labute approximate surface area is 200 Å². The van der Waals surface area contributed by atoms with Crippen molar-refractivity contribution in [3.63, 3.8) is 0 Å². The largest absolute Gasteiger partial charge is 0.495 e. The number of aromatic nitrogens is 3. The smallest absolute Gasteiger partial charge is 0.275 e. The van der Waals surface area contributed by atoms with E-state index in [4.69, 9.17) is 32.9 Å². The van der Waals surface area contributed by atoms with Crippen LogP contribution in [-0.2, 0) is 19.4 Å². The van der Waals surface area contributed by atoms with Crippen molar-refractivity contribution < 1.29 is 4.74 Å². The van der Waals surface area contributed by atoms with Gasteiger partial charge in [0.25, 0.3) is 5.56 Å². The Bertz CT molecular complexity index is 1400. The second-order valence-corrected chi connectivity index (χ2v) is 8.69. The van der Waals surface area contributed by atoms with Gasteiger partial charge in [0.1, 0.15) is 11.6 Å². The number of aromatic amines is 1. The number of nitrogens with zero attached hydrogens (tertiary/aromatic N) is 2. The molecule has 0 atom stereocenters. The average molecular weight is 482 g/mol. The van der Waals surface area contributed by atoms with Crippen LogP contribution in [0.2, 0.25) is 10.0 Å². The second-order valence-electron chi connectivity index (χ2n) is 7.88. The predicted molar refractivity (Wildman–Crippen MR) is 131 cm³/mol. The zero-order chi connectivity index (χ0) is 22.9. The van der Waals surface area contributed by atoms with Crippen molar-refractivity contribution in [3.05, 3.63) is 85.4 Å². The fourth-order valence-corrected chi connectivity index (χ4v) is 4.68. The molecule has 7 nitrogen and oxygen atoms in total. The summed E-state index contributed by atoms with van der Waals surface area (Å²) in [5.41, 5.74) is 4.33. The summed E-state index contributed by atoms with van der Waals surface area (Å²) in [6.07, 6.45) is 2.93. The quantitative estimate of drug-likeness (QED) is 0.385. The Morgan fingerprint density at radius 2 is 1.97 bits per heavy atom. The summed E-state index contributed by atoms with van der Waals surface area (Å²) in [5, 5.41) is 15.4. The summed E-state index contributed by atoms with van der Waals surface area (Å²) < 4.78 is 5.63. The third-order valence-electron chi connectivity index (χ3n) is 5.78. The van der Waals surface area contributed by atoms with Gasteiger partial charge in [0, 0.05) is 34.1 Å². The lowest BCUT2D eigenvalue weighted by Gasteiger charge is -2.21. The first-order valence-corrected chi connectivity index (χ1v) is 11.3. The zero-order valence-corrected chi connectivity index (χ0v) is 19.3.